The molecule has 0 saturated carbocycles. The molecule has 1 rings (SSSR count). The average molecular weight is 349 g/mol. The number of aryl methyl sites for hydroxylation is 2. The van der Waals surface area contributed by atoms with E-state index < -0.39 is 14.6 Å². The van der Waals surface area contributed by atoms with Crippen LogP contribution < -0.4 is 4.74 Å². The van der Waals surface area contributed by atoms with Gasteiger partial charge in [0.1, 0.15) is 5.75 Å². The fraction of sp³-hybridized carbons (Fsp3) is 0.455. The fourth-order valence-corrected chi connectivity index (χ4v) is 3.15. The molecule has 0 aromatic heterocycles. The van der Waals surface area contributed by atoms with Gasteiger partial charge in [-0.25, -0.2) is 8.42 Å². The summed E-state index contributed by atoms with van der Waals surface area (Å²) in [5.74, 6) is 0.103. The van der Waals surface area contributed by atoms with E-state index in [1.807, 2.05) is 0 Å². The lowest BCUT2D eigenvalue weighted by molar-refractivity contribution is -0.0329. The Morgan fingerprint density at radius 2 is 1.85 bits per heavy atom. The van der Waals surface area contributed by atoms with Gasteiger partial charge in [-0.15, -0.1) is 0 Å². The molecule has 3 nitrogen and oxygen atoms in total. The summed E-state index contributed by atoms with van der Waals surface area (Å²) < 4.78 is 63.6. The van der Waals surface area contributed by atoms with Crippen molar-refractivity contribution in [2.24, 2.45) is 0 Å². The third kappa shape index (κ3) is 5.41. The number of halogens is 4. The van der Waals surface area contributed by atoms with Crippen LogP contribution >= 0.6 is 22.4 Å². The lowest BCUT2D eigenvalue weighted by Gasteiger charge is -2.12. The summed E-state index contributed by atoms with van der Waals surface area (Å²) in [6.45, 7) is 3.00. The Morgan fingerprint density at radius 1 is 1.25 bits per heavy atom. The first-order valence-electron chi connectivity index (χ1n) is 5.40. The van der Waals surface area contributed by atoms with Gasteiger partial charge >= 0.3 is 5.51 Å². The molecule has 0 aliphatic heterocycles. The molecule has 0 amide bonds. The van der Waals surface area contributed by atoms with Gasteiger partial charge < -0.3 is 4.74 Å². The smallest absolute Gasteiger partial charge is 0.441 e. The molecule has 0 saturated heterocycles. The molecule has 1 aromatic carbocycles. The van der Waals surface area contributed by atoms with Crippen molar-refractivity contribution in [1.29, 1.82) is 0 Å². The molecule has 0 radical (unpaired) electrons. The van der Waals surface area contributed by atoms with Gasteiger partial charge in [-0.2, -0.15) is 13.2 Å². The van der Waals surface area contributed by atoms with Crippen molar-refractivity contribution < 1.29 is 26.3 Å². The van der Waals surface area contributed by atoms with Crippen LogP contribution in [-0.4, -0.2) is 26.3 Å². The van der Waals surface area contributed by atoms with Crippen LogP contribution in [0.5, 0.6) is 5.75 Å². The van der Waals surface area contributed by atoms with Gasteiger partial charge in [0.25, 0.3) is 9.05 Å². The van der Waals surface area contributed by atoms with Crippen LogP contribution in [0.4, 0.5) is 13.2 Å². The summed E-state index contributed by atoms with van der Waals surface area (Å²) in [5, 5.41) is 0. The third-order valence-electron chi connectivity index (χ3n) is 2.34. The van der Waals surface area contributed by atoms with E-state index >= 15 is 0 Å². The number of hydrogen-bond acceptors (Lipinski definition) is 4. The lowest BCUT2D eigenvalue weighted by atomic mass is 10.1. The molecule has 0 N–H and O–H groups in total. The Balaban J connectivity index is 2.76. The minimum Gasteiger partial charge on any atom is -0.492 e. The molecule has 0 fully saturated rings. The first kappa shape index (κ1) is 17.5. The van der Waals surface area contributed by atoms with Gasteiger partial charge in [-0.1, -0.05) is 0 Å². The number of rotatable bonds is 5. The SMILES string of the molecule is Cc1cc(S(=O)(=O)Cl)c(C)cc1OCCSC(F)(F)F. The molecule has 0 bridgehead atoms. The minimum absolute atomic E-state index is 0.0336. The number of alkyl halides is 3. The van der Waals surface area contributed by atoms with Gasteiger partial charge in [0, 0.05) is 16.4 Å². The minimum atomic E-state index is -4.29. The van der Waals surface area contributed by atoms with Crippen molar-refractivity contribution in [3.8, 4) is 5.75 Å². The van der Waals surface area contributed by atoms with Gasteiger partial charge in [0.05, 0.1) is 11.5 Å². The van der Waals surface area contributed by atoms with Crippen molar-refractivity contribution in [2.45, 2.75) is 24.3 Å². The maximum absolute atomic E-state index is 11.9. The van der Waals surface area contributed by atoms with Crippen LogP contribution in [0, 0.1) is 13.8 Å². The molecule has 0 spiro atoms. The van der Waals surface area contributed by atoms with Crippen LogP contribution in [-0.2, 0) is 9.05 Å². The fourth-order valence-electron chi connectivity index (χ4n) is 1.49. The third-order valence-corrected chi connectivity index (χ3v) is 4.50. The van der Waals surface area contributed by atoms with E-state index in [1.165, 1.54) is 19.1 Å². The number of benzene rings is 1. The van der Waals surface area contributed by atoms with E-state index in [9.17, 15) is 21.6 Å². The Bertz CT molecular complexity index is 585. The zero-order valence-electron chi connectivity index (χ0n) is 10.6. The molecule has 0 aliphatic carbocycles. The Morgan fingerprint density at radius 3 is 2.35 bits per heavy atom. The molecule has 9 heteroatoms. The molecular weight excluding hydrogens is 337 g/mol. The predicted octanol–water partition coefficient (Wildman–Crippen LogP) is 3.86. The Kier molecular flexibility index (Phi) is 5.62. The topological polar surface area (TPSA) is 43.4 Å². The van der Waals surface area contributed by atoms with E-state index in [4.69, 9.17) is 15.4 Å². The molecule has 0 atom stereocenters. The van der Waals surface area contributed by atoms with Gasteiger partial charge in [0.2, 0.25) is 0 Å². The highest BCUT2D eigenvalue weighted by molar-refractivity contribution is 8.13. The van der Waals surface area contributed by atoms with Gasteiger partial charge in [0.15, 0.2) is 0 Å². The van der Waals surface area contributed by atoms with E-state index in [-0.39, 0.29) is 29.0 Å². The summed E-state index contributed by atoms with van der Waals surface area (Å²) in [4.78, 5) is -0.0336. The van der Waals surface area contributed by atoms with Crippen LogP contribution in [0.25, 0.3) is 0 Å². The van der Waals surface area contributed by atoms with Gasteiger partial charge in [-0.3, -0.25) is 0 Å². The first-order valence-corrected chi connectivity index (χ1v) is 8.69. The monoisotopic (exact) mass is 348 g/mol. The first-order chi connectivity index (χ1) is 9.00. The predicted molar refractivity (Wildman–Crippen MR) is 73.0 cm³/mol. The second kappa shape index (κ2) is 6.44. The maximum Gasteiger partial charge on any atom is 0.441 e. The standard InChI is InChI=1S/C11H12ClF3O3S2/c1-7-6-10(20(12,16)17)8(2)5-9(7)18-3-4-19-11(13,14)15/h5-6H,3-4H2,1-2H3. The quantitative estimate of drug-likeness (QED) is 0.598. The number of thioether (sulfide) groups is 1. The molecule has 0 heterocycles. The van der Waals surface area contributed by atoms with Crippen LogP contribution in [0.2, 0.25) is 0 Å². The molecule has 1 aromatic rings. The second-order valence-electron chi connectivity index (χ2n) is 3.96. The lowest BCUT2D eigenvalue weighted by Crippen LogP contribution is -2.08. The summed E-state index contributed by atoms with van der Waals surface area (Å²) >= 11 is -0.172. The Labute approximate surface area is 123 Å². The van der Waals surface area contributed by atoms with Crippen molar-refractivity contribution in [3.63, 3.8) is 0 Å². The molecule has 20 heavy (non-hydrogen) atoms. The molecule has 0 aliphatic rings. The zero-order valence-corrected chi connectivity index (χ0v) is 13.0. The number of hydrogen-bond donors (Lipinski definition) is 0. The number of ether oxygens (including phenoxy) is 1. The maximum atomic E-state index is 11.9. The second-order valence-corrected chi connectivity index (χ2v) is 7.66. The highest BCUT2D eigenvalue weighted by Gasteiger charge is 2.27. The molecule has 0 unspecified atom stereocenters. The summed E-state index contributed by atoms with van der Waals surface area (Å²) in [5.41, 5.74) is -3.42. The van der Waals surface area contributed by atoms with Crippen molar-refractivity contribution in [3.05, 3.63) is 23.3 Å². The van der Waals surface area contributed by atoms with Gasteiger partial charge in [-0.05, 0) is 48.9 Å². The van der Waals surface area contributed by atoms with Crippen molar-refractivity contribution >= 4 is 31.5 Å². The molecule has 114 valence electrons. The van der Waals surface area contributed by atoms with Crippen molar-refractivity contribution in [2.75, 3.05) is 12.4 Å². The summed E-state index contributed by atoms with van der Waals surface area (Å²) in [6.07, 6.45) is 0. The highest BCUT2D eigenvalue weighted by Crippen LogP contribution is 2.31. The van der Waals surface area contributed by atoms with Crippen molar-refractivity contribution in [1.82, 2.24) is 0 Å². The van der Waals surface area contributed by atoms with E-state index in [0.717, 1.165) is 0 Å². The highest BCUT2D eigenvalue weighted by atomic mass is 35.7. The van der Waals surface area contributed by atoms with E-state index in [2.05, 4.69) is 0 Å². The normalized spacial score (nSPS) is 12.5. The summed E-state index contributed by atoms with van der Waals surface area (Å²) in [6, 6.07) is 2.78. The van der Waals surface area contributed by atoms with E-state index in [1.54, 1.807) is 6.92 Å². The summed E-state index contributed by atoms with van der Waals surface area (Å²) in [7, 11) is 1.41. The average Bonchev–Trinajstić information content (AvgIpc) is 2.25. The van der Waals surface area contributed by atoms with Crippen LogP contribution in [0.3, 0.4) is 0 Å². The largest absolute Gasteiger partial charge is 0.492 e. The molecular formula is C11H12ClF3O3S2. The Hall–Kier alpha value is -0.600. The van der Waals surface area contributed by atoms with Crippen LogP contribution in [0.1, 0.15) is 11.1 Å². The van der Waals surface area contributed by atoms with E-state index in [0.29, 0.717) is 16.9 Å². The zero-order chi connectivity index (χ0) is 15.6. The van der Waals surface area contributed by atoms with Crippen LogP contribution in [0.15, 0.2) is 17.0 Å².